The molecule has 0 aromatic carbocycles. The highest BCUT2D eigenvalue weighted by molar-refractivity contribution is 4.76. The first kappa shape index (κ1) is 11.0. The normalized spacial score (nSPS) is 26.5. The summed E-state index contributed by atoms with van der Waals surface area (Å²) in [6.07, 6.45) is 0. The van der Waals surface area contributed by atoms with Gasteiger partial charge in [-0.25, -0.2) is 0 Å². The predicted molar refractivity (Wildman–Crippen MR) is 57.1 cm³/mol. The summed E-state index contributed by atoms with van der Waals surface area (Å²) in [6, 6.07) is 0.718. The summed E-state index contributed by atoms with van der Waals surface area (Å²) in [4.78, 5) is 4.98. The van der Waals surface area contributed by atoms with Crippen LogP contribution in [0.2, 0.25) is 0 Å². The Labute approximate surface area is 82.1 Å². The van der Waals surface area contributed by atoms with E-state index in [1.165, 1.54) is 26.2 Å². The van der Waals surface area contributed by atoms with Gasteiger partial charge in [-0.15, -0.1) is 0 Å². The van der Waals surface area contributed by atoms with E-state index in [0.29, 0.717) is 0 Å². The molecule has 1 fully saturated rings. The molecule has 1 heterocycles. The molecular weight excluding hydrogens is 162 g/mol. The first-order valence-corrected chi connectivity index (χ1v) is 5.37. The first-order chi connectivity index (χ1) is 6.24. The van der Waals surface area contributed by atoms with Gasteiger partial charge >= 0.3 is 0 Å². The summed E-state index contributed by atoms with van der Waals surface area (Å²) in [6.45, 7) is 11.6. The lowest BCUT2D eigenvalue weighted by Gasteiger charge is -2.37. The molecule has 1 atom stereocenters. The summed E-state index contributed by atoms with van der Waals surface area (Å²) < 4.78 is 0. The molecule has 0 saturated carbocycles. The number of hydrogen-bond donors (Lipinski definition) is 1. The second kappa shape index (κ2) is 5.58. The predicted octanol–water partition coefficient (Wildman–Crippen LogP) is 0.232. The molecule has 0 aliphatic carbocycles. The van der Waals surface area contributed by atoms with Crippen LogP contribution in [-0.2, 0) is 0 Å². The van der Waals surface area contributed by atoms with Crippen molar-refractivity contribution in [2.75, 3.05) is 46.3 Å². The van der Waals surface area contributed by atoms with E-state index in [9.17, 15) is 0 Å². The highest BCUT2D eigenvalue weighted by Gasteiger charge is 2.19. The fraction of sp³-hybridized carbons (Fsp3) is 1.00. The maximum atomic E-state index is 3.37. The fourth-order valence-corrected chi connectivity index (χ4v) is 1.74. The number of piperazine rings is 1. The average molecular weight is 185 g/mol. The molecule has 3 heteroatoms. The smallest absolute Gasteiger partial charge is 0.0192 e. The Morgan fingerprint density at radius 3 is 2.77 bits per heavy atom. The zero-order valence-corrected chi connectivity index (χ0v) is 9.21. The van der Waals surface area contributed by atoms with Crippen LogP contribution in [0.3, 0.4) is 0 Å². The third-order valence-corrected chi connectivity index (χ3v) is 2.90. The molecule has 0 amide bonds. The van der Waals surface area contributed by atoms with Gasteiger partial charge in [-0.05, 0) is 20.5 Å². The Hall–Kier alpha value is -0.120. The zero-order chi connectivity index (χ0) is 9.68. The molecule has 1 rings (SSSR count). The van der Waals surface area contributed by atoms with E-state index in [1.807, 2.05) is 0 Å². The molecule has 13 heavy (non-hydrogen) atoms. The van der Waals surface area contributed by atoms with Crippen LogP contribution >= 0.6 is 0 Å². The van der Waals surface area contributed by atoms with Crippen LogP contribution in [0, 0.1) is 0 Å². The van der Waals surface area contributed by atoms with Gasteiger partial charge in [-0.3, -0.25) is 4.90 Å². The number of nitrogens with zero attached hydrogens (tertiary/aromatic N) is 2. The lowest BCUT2D eigenvalue weighted by Crippen LogP contribution is -2.51. The minimum atomic E-state index is 0.718. The maximum absolute atomic E-state index is 3.37. The van der Waals surface area contributed by atoms with Gasteiger partial charge in [0.05, 0.1) is 0 Å². The minimum Gasteiger partial charge on any atom is -0.316 e. The Bertz CT molecular complexity index is 138. The van der Waals surface area contributed by atoms with Gasteiger partial charge in [0.2, 0.25) is 0 Å². The summed E-state index contributed by atoms with van der Waals surface area (Å²) in [5.74, 6) is 0. The van der Waals surface area contributed by atoms with Crippen molar-refractivity contribution < 1.29 is 0 Å². The molecule has 3 nitrogen and oxygen atoms in total. The first-order valence-electron chi connectivity index (χ1n) is 5.37. The summed E-state index contributed by atoms with van der Waals surface area (Å²) in [5.41, 5.74) is 0. The Morgan fingerprint density at radius 1 is 1.38 bits per heavy atom. The average Bonchev–Trinajstić information content (AvgIpc) is 2.12. The molecule has 0 bridgehead atoms. The summed E-state index contributed by atoms with van der Waals surface area (Å²) in [5, 5.41) is 3.37. The van der Waals surface area contributed by atoms with Gasteiger partial charge in [-0.1, -0.05) is 6.92 Å². The molecule has 78 valence electrons. The topological polar surface area (TPSA) is 18.5 Å². The van der Waals surface area contributed by atoms with E-state index in [4.69, 9.17) is 0 Å². The van der Waals surface area contributed by atoms with Crippen LogP contribution in [0.25, 0.3) is 0 Å². The van der Waals surface area contributed by atoms with Crippen LogP contribution in [0.5, 0.6) is 0 Å². The van der Waals surface area contributed by atoms with Crippen LogP contribution < -0.4 is 5.32 Å². The van der Waals surface area contributed by atoms with Crippen molar-refractivity contribution >= 4 is 0 Å². The number of rotatable bonds is 4. The van der Waals surface area contributed by atoms with Crippen molar-refractivity contribution in [3.63, 3.8) is 0 Å². The van der Waals surface area contributed by atoms with E-state index in [0.717, 1.165) is 19.1 Å². The molecule has 1 aliphatic heterocycles. The molecule has 1 N–H and O–H groups in total. The number of nitrogens with one attached hydrogen (secondary N) is 1. The molecule has 0 spiro atoms. The highest BCUT2D eigenvalue weighted by Crippen LogP contribution is 2.05. The van der Waals surface area contributed by atoms with Gasteiger partial charge in [-0.2, -0.15) is 0 Å². The molecule has 1 saturated heterocycles. The van der Waals surface area contributed by atoms with Crippen molar-refractivity contribution in [3.8, 4) is 0 Å². The van der Waals surface area contributed by atoms with Crippen molar-refractivity contribution in [1.29, 1.82) is 0 Å². The minimum absolute atomic E-state index is 0.718. The second-order valence-corrected chi connectivity index (χ2v) is 3.98. The molecule has 0 radical (unpaired) electrons. The van der Waals surface area contributed by atoms with E-state index < -0.39 is 0 Å². The third-order valence-electron chi connectivity index (χ3n) is 2.90. The highest BCUT2D eigenvalue weighted by atomic mass is 15.3. The SMILES string of the molecule is CCNCCN1CCN(C)C(C)C1. The molecule has 1 unspecified atom stereocenters. The Kier molecular flexibility index (Phi) is 4.70. The monoisotopic (exact) mass is 185 g/mol. The lowest BCUT2D eigenvalue weighted by molar-refractivity contribution is 0.106. The molecule has 1 aliphatic rings. The van der Waals surface area contributed by atoms with Gasteiger partial charge < -0.3 is 10.2 Å². The number of hydrogen-bond acceptors (Lipinski definition) is 3. The number of likely N-dealkylation sites (N-methyl/N-ethyl adjacent to an activating group) is 2. The fourth-order valence-electron chi connectivity index (χ4n) is 1.74. The van der Waals surface area contributed by atoms with Crippen LogP contribution in [0.1, 0.15) is 13.8 Å². The van der Waals surface area contributed by atoms with E-state index in [1.54, 1.807) is 0 Å². The largest absolute Gasteiger partial charge is 0.316 e. The molecule has 0 aromatic rings. The summed E-state index contributed by atoms with van der Waals surface area (Å²) in [7, 11) is 2.21. The maximum Gasteiger partial charge on any atom is 0.0192 e. The van der Waals surface area contributed by atoms with Crippen LogP contribution in [0.15, 0.2) is 0 Å². The van der Waals surface area contributed by atoms with Crippen molar-refractivity contribution in [3.05, 3.63) is 0 Å². The van der Waals surface area contributed by atoms with E-state index in [-0.39, 0.29) is 0 Å². The quantitative estimate of drug-likeness (QED) is 0.633. The van der Waals surface area contributed by atoms with Gasteiger partial charge in [0.1, 0.15) is 0 Å². The van der Waals surface area contributed by atoms with Crippen LogP contribution in [-0.4, -0.2) is 62.2 Å². The van der Waals surface area contributed by atoms with Gasteiger partial charge in [0, 0.05) is 38.8 Å². The van der Waals surface area contributed by atoms with Crippen LogP contribution in [0.4, 0.5) is 0 Å². The van der Waals surface area contributed by atoms with Crippen molar-refractivity contribution in [1.82, 2.24) is 15.1 Å². The van der Waals surface area contributed by atoms with Crippen molar-refractivity contribution in [2.45, 2.75) is 19.9 Å². The van der Waals surface area contributed by atoms with E-state index in [2.05, 4.69) is 36.0 Å². The van der Waals surface area contributed by atoms with Crippen molar-refractivity contribution in [2.24, 2.45) is 0 Å². The Balaban J connectivity index is 2.14. The Morgan fingerprint density at radius 2 is 2.15 bits per heavy atom. The van der Waals surface area contributed by atoms with Gasteiger partial charge in [0.25, 0.3) is 0 Å². The zero-order valence-electron chi connectivity index (χ0n) is 9.21. The molecular formula is C10H23N3. The standard InChI is InChI=1S/C10H23N3/c1-4-11-5-6-13-8-7-12(3)10(2)9-13/h10-11H,4-9H2,1-3H3. The lowest BCUT2D eigenvalue weighted by atomic mass is 10.2. The summed E-state index contributed by atoms with van der Waals surface area (Å²) >= 11 is 0. The van der Waals surface area contributed by atoms with Gasteiger partial charge in [0.15, 0.2) is 0 Å². The second-order valence-electron chi connectivity index (χ2n) is 3.98. The van der Waals surface area contributed by atoms with E-state index >= 15 is 0 Å². The third kappa shape index (κ3) is 3.63. The molecule has 0 aromatic heterocycles.